The second-order valence-corrected chi connectivity index (χ2v) is 6.18. The summed E-state index contributed by atoms with van der Waals surface area (Å²) in [4.78, 5) is 22.9. The van der Waals surface area contributed by atoms with Crippen LogP contribution >= 0.6 is 15.9 Å². The number of hydrogen-bond donors (Lipinski definition) is 2. The van der Waals surface area contributed by atoms with E-state index < -0.39 is 11.4 Å². The number of hydrogen-bond acceptors (Lipinski definition) is 3. The van der Waals surface area contributed by atoms with Crippen LogP contribution in [-0.4, -0.2) is 30.1 Å². The summed E-state index contributed by atoms with van der Waals surface area (Å²) in [7, 11) is 0. The maximum absolute atomic E-state index is 11.7. The molecule has 1 saturated carbocycles. The third-order valence-electron chi connectivity index (χ3n) is 3.80. The molecule has 5 nitrogen and oxygen atoms in total. The van der Waals surface area contributed by atoms with Gasteiger partial charge < -0.3 is 15.2 Å². The highest BCUT2D eigenvalue weighted by molar-refractivity contribution is 9.10. The van der Waals surface area contributed by atoms with E-state index in [0.29, 0.717) is 18.6 Å². The predicted molar refractivity (Wildman–Crippen MR) is 81.2 cm³/mol. The Labute approximate surface area is 131 Å². The van der Waals surface area contributed by atoms with Crippen LogP contribution in [0.25, 0.3) is 0 Å². The molecule has 21 heavy (non-hydrogen) atoms. The number of benzene rings is 1. The molecule has 6 heteroatoms. The highest BCUT2D eigenvalue weighted by atomic mass is 79.9. The minimum Gasteiger partial charge on any atom is -0.493 e. The molecule has 2 rings (SSSR count). The fourth-order valence-electron chi connectivity index (χ4n) is 2.22. The molecule has 0 radical (unpaired) electrons. The van der Waals surface area contributed by atoms with Crippen molar-refractivity contribution in [1.29, 1.82) is 0 Å². The van der Waals surface area contributed by atoms with Crippen LogP contribution in [0.15, 0.2) is 28.7 Å². The molecule has 0 aromatic heterocycles. The average Bonchev–Trinajstić information content (AvgIpc) is 2.39. The van der Waals surface area contributed by atoms with E-state index in [1.165, 1.54) is 0 Å². The van der Waals surface area contributed by atoms with Gasteiger partial charge in [-0.2, -0.15) is 0 Å². The maximum atomic E-state index is 11.7. The smallest absolute Gasteiger partial charge is 0.311 e. The SMILES string of the molecule is O=C(CCOc1ccc(Br)cc1)NCC1(C(=O)O)CCC1. The summed E-state index contributed by atoms with van der Waals surface area (Å²) in [6, 6.07) is 7.36. The van der Waals surface area contributed by atoms with Gasteiger partial charge in [-0.3, -0.25) is 9.59 Å². The topological polar surface area (TPSA) is 75.6 Å². The molecule has 1 aromatic rings. The first-order chi connectivity index (χ1) is 10.0. The van der Waals surface area contributed by atoms with Crippen LogP contribution < -0.4 is 10.1 Å². The van der Waals surface area contributed by atoms with Crippen LogP contribution in [0, 0.1) is 5.41 Å². The number of carbonyl (C=O) groups excluding carboxylic acids is 1. The van der Waals surface area contributed by atoms with Gasteiger partial charge in [0.1, 0.15) is 5.75 Å². The number of carboxylic acids is 1. The molecular weight excluding hydrogens is 338 g/mol. The van der Waals surface area contributed by atoms with Gasteiger partial charge in [0.15, 0.2) is 0 Å². The van der Waals surface area contributed by atoms with E-state index in [1.807, 2.05) is 24.3 Å². The van der Waals surface area contributed by atoms with Crippen molar-refractivity contribution in [1.82, 2.24) is 5.32 Å². The Kier molecular flexibility index (Phi) is 5.22. The summed E-state index contributed by atoms with van der Waals surface area (Å²) < 4.78 is 6.42. The number of aliphatic carboxylic acids is 1. The summed E-state index contributed by atoms with van der Waals surface area (Å²) in [5.41, 5.74) is -0.748. The van der Waals surface area contributed by atoms with Gasteiger partial charge in [-0.1, -0.05) is 22.4 Å². The summed E-state index contributed by atoms with van der Waals surface area (Å²) in [6.07, 6.45) is 2.40. The molecule has 2 N–H and O–H groups in total. The van der Waals surface area contributed by atoms with Gasteiger partial charge in [-0.25, -0.2) is 0 Å². The van der Waals surface area contributed by atoms with E-state index in [1.54, 1.807) is 0 Å². The van der Waals surface area contributed by atoms with Crippen molar-refractivity contribution in [2.75, 3.05) is 13.2 Å². The largest absolute Gasteiger partial charge is 0.493 e. The van der Waals surface area contributed by atoms with Crippen molar-refractivity contribution < 1.29 is 19.4 Å². The van der Waals surface area contributed by atoms with Crippen molar-refractivity contribution in [3.63, 3.8) is 0 Å². The fourth-order valence-corrected chi connectivity index (χ4v) is 2.48. The van der Waals surface area contributed by atoms with Gasteiger partial charge in [0, 0.05) is 11.0 Å². The van der Waals surface area contributed by atoms with Crippen LogP contribution in [0.4, 0.5) is 0 Å². The number of carboxylic acid groups (broad SMARTS) is 1. The number of halogens is 1. The van der Waals surface area contributed by atoms with Gasteiger partial charge in [-0.05, 0) is 37.1 Å². The van der Waals surface area contributed by atoms with Crippen molar-refractivity contribution in [2.24, 2.45) is 5.41 Å². The van der Waals surface area contributed by atoms with E-state index in [0.717, 1.165) is 10.9 Å². The van der Waals surface area contributed by atoms with E-state index in [9.17, 15) is 9.59 Å². The standard InChI is InChI=1S/C15H18BrNO4/c16-11-2-4-12(5-3-11)21-9-6-13(18)17-10-15(14(19)20)7-1-8-15/h2-5H,1,6-10H2,(H,17,18)(H,19,20). The minimum absolute atomic E-state index is 0.181. The van der Waals surface area contributed by atoms with Crippen molar-refractivity contribution >= 4 is 27.8 Å². The lowest BCUT2D eigenvalue weighted by Gasteiger charge is -2.37. The first-order valence-electron chi connectivity index (χ1n) is 6.90. The van der Waals surface area contributed by atoms with Crippen LogP contribution in [0.5, 0.6) is 5.75 Å². The number of carbonyl (C=O) groups is 2. The highest BCUT2D eigenvalue weighted by Crippen LogP contribution is 2.40. The zero-order chi connectivity index (χ0) is 15.3. The van der Waals surface area contributed by atoms with E-state index >= 15 is 0 Å². The van der Waals surface area contributed by atoms with Crippen LogP contribution in [-0.2, 0) is 9.59 Å². The molecule has 0 saturated heterocycles. The van der Waals surface area contributed by atoms with E-state index in [4.69, 9.17) is 9.84 Å². The molecule has 0 atom stereocenters. The molecule has 0 spiro atoms. The van der Waals surface area contributed by atoms with Crippen molar-refractivity contribution in [3.8, 4) is 5.75 Å². The fraction of sp³-hybridized carbons (Fsp3) is 0.467. The molecule has 1 aromatic carbocycles. The normalized spacial score (nSPS) is 15.9. The van der Waals surface area contributed by atoms with Crippen LogP contribution in [0.2, 0.25) is 0 Å². The molecule has 1 amide bonds. The second-order valence-electron chi connectivity index (χ2n) is 5.27. The van der Waals surface area contributed by atoms with Crippen molar-refractivity contribution in [3.05, 3.63) is 28.7 Å². The molecule has 0 aliphatic heterocycles. The molecule has 1 aliphatic carbocycles. The highest BCUT2D eigenvalue weighted by Gasteiger charge is 2.44. The lowest BCUT2D eigenvalue weighted by atomic mass is 9.69. The first kappa shape index (κ1) is 15.8. The summed E-state index contributed by atoms with van der Waals surface area (Å²) in [6.45, 7) is 0.479. The van der Waals surface area contributed by atoms with E-state index in [2.05, 4.69) is 21.2 Å². The van der Waals surface area contributed by atoms with E-state index in [-0.39, 0.29) is 25.5 Å². The van der Waals surface area contributed by atoms with Gasteiger partial charge in [0.05, 0.1) is 18.4 Å². The van der Waals surface area contributed by atoms with Crippen molar-refractivity contribution in [2.45, 2.75) is 25.7 Å². The van der Waals surface area contributed by atoms with Gasteiger partial charge >= 0.3 is 5.97 Å². The van der Waals surface area contributed by atoms with Crippen LogP contribution in [0.3, 0.4) is 0 Å². The third-order valence-corrected chi connectivity index (χ3v) is 4.33. The minimum atomic E-state index is -0.819. The maximum Gasteiger partial charge on any atom is 0.311 e. The number of nitrogens with one attached hydrogen (secondary N) is 1. The first-order valence-corrected chi connectivity index (χ1v) is 7.70. The Balaban J connectivity index is 1.68. The number of amides is 1. The summed E-state index contributed by atoms with van der Waals surface area (Å²) in [5, 5.41) is 11.9. The Bertz CT molecular complexity index is 511. The quantitative estimate of drug-likeness (QED) is 0.788. The number of ether oxygens (including phenoxy) is 1. The summed E-state index contributed by atoms with van der Waals surface area (Å²) >= 11 is 3.33. The lowest BCUT2D eigenvalue weighted by molar-refractivity contribution is -0.154. The Morgan fingerprint density at radius 2 is 1.95 bits per heavy atom. The van der Waals surface area contributed by atoms with Gasteiger partial charge in [-0.15, -0.1) is 0 Å². The molecule has 114 valence electrons. The van der Waals surface area contributed by atoms with Gasteiger partial charge in [0.2, 0.25) is 5.91 Å². The van der Waals surface area contributed by atoms with Crippen LogP contribution in [0.1, 0.15) is 25.7 Å². The second kappa shape index (κ2) is 6.93. The Morgan fingerprint density at radius 3 is 2.48 bits per heavy atom. The monoisotopic (exact) mass is 355 g/mol. The Hall–Kier alpha value is -1.56. The molecular formula is C15H18BrNO4. The number of rotatable bonds is 7. The predicted octanol–water partition coefficient (Wildman–Crippen LogP) is 2.59. The molecule has 1 fully saturated rings. The molecule has 1 aliphatic rings. The third kappa shape index (κ3) is 4.20. The molecule has 0 bridgehead atoms. The summed E-state index contributed by atoms with van der Waals surface area (Å²) in [5.74, 6) is -0.299. The molecule has 0 unspecified atom stereocenters. The zero-order valence-electron chi connectivity index (χ0n) is 11.6. The lowest BCUT2D eigenvalue weighted by Crippen LogP contribution is -2.47. The Morgan fingerprint density at radius 1 is 1.29 bits per heavy atom. The average molecular weight is 356 g/mol. The molecule has 0 heterocycles. The van der Waals surface area contributed by atoms with Gasteiger partial charge in [0.25, 0.3) is 0 Å². The zero-order valence-corrected chi connectivity index (χ0v) is 13.2.